The van der Waals surface area contributed by atoms with Crippen LogP contribution in [0.4, 0.5) is 0 Å². The Morgan fingerprint density at radius 3 is 2.34 bits per heavy atom. The molecule has 0 aliphatic heterocycles. The number of nitrogens with zero attached hydrogens (tertiary/aromatic N) is 1. The molecular formula is C23H30N2O4. The van der Waals surface area contributed by atoms with Crippen molar-refractivity contribution in [3.63, 3.8) is 0 Å². The van der Waals surface area contributed by atoms with Gasteiger partial charge in [-0.05, 0) is 50.1 Å². The SMILES string of the molecule is CCC(C(=O)NC(C)C)N(Cc1cccc(OC)c1)C(=O)COc1ccccc1. The first-order valence-corrected chi connectivity index (χ1v) is 9.85. The van der Waals surface area contributed by atoms with Gasteiger partial charge in [0.15, 0.2) is 6.61 Å². The van der Waals surface area contributed by atoms with Crippen LogP contribution in [0.15, 0.2) is 54.6 Å². The molecule has 1 unspecified atom stereocenters. The highest BCUT2D eigenvalue weighted by atomic mass is 16.5. The molecule has 0 aromatic heterocycles. The molecule has 0 saturated heterocycles. The van der Waals surface area contributed by atoms with E-state index < -0.39 is 6.04 Å². The van der Waals surface area contributed by atoms with Gasteiger partial charge in [0, 0.05) is 12.6 Å². The van der Waals surface area contributed by atoms with E-state index in [1.165, 1.54) is 0 Å². The van der Waals surface area contributed by atoms with E-state index in [0.717, 1.165) is 5.56 Å². The fraction of sp³-hybridized carbons (Fsp3) is 0.391. The first-order chi connectivity index (χ1) is 13.9. The van der Waals surface area contributed by atoms with Crippen LogP contribution in [0.5, 0.6) is 11.5 Å². The van der Waals surface area contributed by atoms with Gasteiger partial charge >= 0.3 is 0 Å². The number of rotatable bonds is 10. The number of amides is 2. The lowest BCUT2D eigenvalue weighted by molar-refractivity contribution is -0.143. The molecule has 6 heteroatoms. The van der Waals surface area contributed by atoms with Crippen molar-refractivity contribution in [3.05, 3.63) is 60.2 Å². The zero-order chi connectivity index (χ0) is 21.2. The molecule has 2 amide bonds. The summed E-state index contributed by atoms with van der Waals surface area (Å²) in [5.41, 5.74) is 0.883. The highest BCUT2D eigenvalue weighted by Crippen LogP contribution is 2.18. The second-order valence-electron chi connectivity index (χ2n) is 7.06. The van der Waals surface area contributed by atoms with Gasteiger partial charge < -0.3 is 19.7 Å². The smallest absolute Gasteiger partial charge is 0.261 e. The van der Waals surface area contributed by atoms with Gasteiger partial charge in [0.1, 0.15) is 17.5 Å². The quantitative estimate of drug-likeness (QED) is 0.666. The second kappa shape index (κ2) is 11.1. The largest absolute Gasteiger partial charge is 0.497 e. The van der Waals surface area contributed by atoms with Gasteiger partial charge in [0.2, 0.25) is 5.91 Å². The van der Waals surface area contributed by atoms with Crippen LogP contribution in [0, 0.1) is 0 Å². The lowest BCUT2D eigenvalue weighted by Crippen LogP contribution is -2.51. The number of para-hydroxylation sites is 1. The van der Waals surface area contributed by atoms with Crippen molar-refractivity contribution in [3.8, 4) is 11.5 Å². The van der Waals surface area contributed by atoms with Gasteiger partial charge in [0.05, 0.1) is 7.11 Å². The van der Waals surface area contributed by atoms with Gasteiger partial charge in [0.25, 0.3) is 5.91 Å². The number of carbonyl (C=O) groups excluding carboxylic acids is 2. The van der Waals surface area contributed by atoms with Crippen LogP contribution in [-0.4, -0.2) is 42.5 Å². The average molecular weight is 399 g/mol. The summed E-state index contributed by atoms with van der Waals surface area (Å²) in [4.78, 5) is 27.4. The highest BCUT2D eigenvalue weighted by Gasteiger charge is 2.29. The van der Waals surface area contributed by atoms with Crippen molar-refractivity contribution in [2.75, 3.05) is 13.7 Å². The van der Waals surface area contributed by atoms with Gasteiger partial charge in [-0.1, -0.05) is 37.3 Å². The molecule has 0 spiro atoms. The minimum absolute atomic E-state index is 0.00844. The first-order valence-electron chi connectivity index (χ1n) is 9.85. The minimum atomic E-state index is -0.588. The maximum atomic E-state index is 13.1. The molecule has 6 nitrogen and oxygen atoms in total. The van der Waals surface area contributed by atoms with Gasteiger partial charge in [-0.2, -0.15) is 0 Å². The average Bonchev–Trinajstić information content (AvgIpc) is 2.72. The van der Waals surface area contributed by atoms with E-state index >= 15 is 0 Å². The number of hydrogen-bond donors (Lipinski definition) is 1. The predicted octanol–water partition coefficient (Wildman–Crippen LogP) is 3.41. The molecular weight excluding hydrogens is 368 g/mol. The molecule has 2 aromatic carbocycles. The molecule has 29 heavy (non-hydrogen) atoms. The molecule has 0 aliphatic rings. The Kier molecular flexibility index (Phi) is 8.52. The van der Waals surface area contributed by atoms with Crippen LogP contribution in [0.1, 0.15) is 32.8 Å². The van der Waals surface area contributed by atoms with E-state index in [9.17, 15) is 9.59 Å². The topological polar surface area (TPSA) is 67.9 Å². The number of hydrogen-bond acceptors (Lipinski definition) is 4. The van der Waals surface area contributed by atoms with Crippen molar-refractivity contribution < 1.29 is 19.1 Å². The molecule has 0 radical (unpaired) electrons. The molecule has 0 bridgehead atoms. The number of benzene rings is 2. The maximum absolute atomic E-state index is 13.1. The van der Waals surface area contributed by atoms with Crippen molar-refractivity contribution in [1.29, 1.82) is 0 Å². The van der Waals surface area contributed by atoms with E-state index in [4.69, 9.17) is 9.47 Å². The zero-order valence-corrected chi connectivity index (χ0v) is 17.6. The van der Waals surface area contributed by atoms with Crippen molar-refractivity contribution in [2.24, 2.45) is 0 Å². The maximum Gasteiger partial charge on any atom is 0.261 e. The molecule has 2 rings (SSSR count). The molecule has 2 aromatic rings. The summed E-state index contributed by atoms with van der Waals surface area (Å²) >= 11 is 0. The Morgan fingerprint density at radius 1 is 1.03 bits per heavy atom. The monoisotopic (exact) mass is 398 g/mol. The van der Waals surface area contributed by atoms with Gasteiger partial charge in [-0.3, -0.25) is 9.59 Å². The van der Waals surface area contributed by atoms with Crippen LogP contribution in [-0.2, 0) is 16.1 Å². The molecule has 0 aliphatic carbocycles. The van der Waals surface area contributed by atoms with Crippen LogP contribution >= 0.6 is 0 Å². The lowest BCUT2D eigenvalue weighted by atomic mass is 10.1. The fourth-order valence-electron chi connectivity index (χ4n) is 3.01. The summed E-state index contributed by atoms with van der Waals surface area (Å²) in [6.07, 6.45) is 0.500. The summed E-state index contributed by atoms with van der Waals surface area (Å²) in [5, 5.41) is 2.91. The summed E-state index contributed by atoms with van der Waals surface area (Å²) in [6, 6.07) is 16.1. The number of ether oxygens (including phenoxy) is 2. The van der Waals surface area contributed by atoms with Crippen LogP contribution in [0.25, 0.3) is 0 Å². The molecule has 1 N–H and O–H groups in total. The summed E-state index contributed by atoms with van der Waals surface area (Å²) in [5.74, 6) is 0.901. The minimum Gasteiger partial charge on any atom is -0.497 e. The summed E-state index contributed by atoms with van der Waals surface area (Å²) in [6.45, 7) is 5.85. The number of carbonyl (C=O) groups is 2. The summed E-state index contributed by atoms with van der Waals surface area (Å²) < 4.78 is 10.9. The normalized spacial score (nSPS) is 11.6. The van der Waals surface area contributed by atoms with Gasteiger partial charge in [-0.25, -0.2) is 0 Å². The molecule has 156 valence electrons. The van der Waals surface area contributed by atoms with Crippen molar-refractivity contribution in [2.45, 2.75) is 45.8 Å². The van der Waals surface area contributed by atoms with E-state index in [-0.39, 0.29) is 31.0 Å². The third kappa shape index (κ3) is 6.82. The van der Waals surface area contributed by atoms with E-state index in [0.29, 0.717) is 17.9 Å². The first kappa shape index (κ1) is 22.3. The number of methoxy groups -OCH3 is 1. The Hall–Kier alpha value is -3.02. The Morgan fingerprint density at radius 2 is 1.72 bits per heavy atom. The Bertz CT molecular complexity index is 792. The second-order valence-corrected chi connectivity index (χ2v) is 7.06. The third-order valence-electron chi connectivity index (χ3n) is 4.41. The number of nitrogens with one attached hydrogen (secondary N) is 1. The molecule has 0 saturated carbocycles. The molecule has 0 heterocycles. The van der Waals surface area contributed by atoms with E-state index in [2.05, 4.69) is 5.32 Å². The highest BCUT2D eigenvalue weighted by molar-refractivity contribution is 5.88. The molecule has 1 atom stereocenters. The molecule has 0 fully saturated rings. The zero-order valence-electron chi connectivity index (χ0n) is 17.6. The summed E-state index contributed by atoms with van der Waals surface area (Å²) in [7, 11) is 1.60. The van der Waals surface area contributed by atoms with Gasteiger partial charge in [-0.15, -0.1) is 0 Å². The third-order valence-corrected chi connectivity index (χ3v) is 4.41. The fourth-order valence-corrected chi connectivity index (χ4v) is 3.01. The van der Waals surface area contributed by atoms with Crippen LogP contribution < -0.4 is 14.8 Å². The Labute approximate surface area is 172 Å². The standard InChI is InChI=1S/C23H30N2O4/c1-5-21(23(27)24-17(2)3)25(15-18-10-9-13-20(14-18)28-4)22(26)16-29-19-11-7-6-8-12-19/h6-14,17,21H,5,15-16H2,1-4H3,(H,24,27). The Balaban J connectivity index is 2.22. The van der Waals surface area contributed by atoms with Crippen molar-refractivity contribution >= 4 is 11.8 Å². The van der Waals surface area contributed by atoms with Crippen molar-refractivity contribution in [1.82, 2.24) is 10.2 Å². The predicted molar refractivity (Wildman–Crippen MR) is 113 cm³/mol. The van der Waals surface area contributed by atoms with E-state index in [1.54, 1.807) is 24.1 Å². The van der Waals surface area contributed by atoms with Crippen LogP contribution in [0.2, 0.25) is 0 Å². The van der Waals surface area contributed by atoms with E-state index in [1.807, 2.05) is 63.2 Å². The lowest BCUT2D eigenvalue weighted by Gasteiger charge is -2.31. The van der Waals surface area contributed by atoms with Crippen LogP contribution in [0.3, 0.4) is 0 Å².